The molecule has 112 valence electrons. The molecule has 1 fully saturated rings. The Balaban J connectivity index is 0.000000347. The summed E-state index contributed by atoms with van der Waals surface area (Å²) in [5, 5.41) is 12.0. The fourth-order valence-corrected chi connectivity index (χ4v) is 1.90. The standard InChI is InChI=1S/C14H15NO2.C3H7N/c1-17-14-8-13(9-15-10-14)12-4-2-3-11(7-12)5-6-16;1-2-4-3-1/h2-4,7-10,16H,5-6H2,1H3;4H,1-3H2. The topological polar surface area (TPSA) is 54.4 Å². The Bertz CT molecular complexity index is 550. The fourth-order valence-electron chi connectivity index (χ4n) is 1.90. The molecule has 0 atom stereocenters. The summed E-state index contributed by atoms with van der Waals surface area (Å²) in [7, 11) is 1.63. The van der Waals surface area contributed by atoms with E-state index in [2.05, 4.69) is 16.4 Å². The number of nitrogens with one attached hydrogen (secondary N) is 1. The molecule has 1 aromatic carbocycles. The summed E-state index contributed by atoms with van der Waals surface area (Å²) in [5.74, 6) is 0.745. The van der Waals surface area contributed by atoms with Crippen molar-refractivity contribution in [2.75, 3.05) is 26.8 Å². The van der Waals surface area contributed by atoms with E-state index in [0.29, 0.717) is 6.42 Å². The van der Waals surface area contributed by atoms with Crippen molar-refractivity contribution in [1.82, 2.24) is 10.3 Å². The smallest absolute Gasteiger partial charge is 0.137 e. The summed E-state index contributed by atoms with van der Waals surface area (Å²) < 4.78 is 5.15. The summed E-state index contributed by atoms with van der Waals surface area (Å²) in [6, 6.07) is 10.0. The van der Waals surface area contributed by atoms with E-state index in [-0.39, 0.29) is 6.61 Å². The van der Waals surface area contributed by atoms with Gasteiger partial charge < -0.3 is 15.2 Å². The van der Waals surface area contributed by atoms with Crippen molar-refractivity contribution in [3.05, 3.63) is 48.3 Å². The first-order valence-electron chi connectivity index (χ1n) is 7.23. The zero-order chi connectivity index (χ0) is 14.9. The number of aliphatic hydroxyl groups is 1. The van der Waals surface area contributed by atoms with E-state index in [9.17, 15) is 0 Å². The van der Waals surface area contributed by atoms with Gasteiger partial charge in [0.15, 0.2) is 0 Å². The van der Waals surface area contributed by atoms with E-state index in [1.54, 1.807) is 19.5 Å². The minimum atomic E-state index is 0.166. The molecule has 1 aromatic heterocycles. The van der Waals surface area contributed by atoms with Crippen molar-refractivity contribution in [2.24, 2.45) is 0 Å². The second-order valence-corrected chi connectivity index (χ2v) is 4.89. The van der Waals surface area contributed by atoms with Crippen LogP contribution in [-0.4, -0.2) is 36.9 Å². The second-order valence-electron chi connectivity index (χ2n) is 4.89. The highest BCUT2D eigenvalue weighted by molar-refractivity contribution is 5.64. The van der Waals surface area contributed by atoms with Crippen LogP contribution in [0.3, 0.4) is 0 Å². The van der Waals surface area contributed by atoms with Gasteiger partial charge in [-0.1, -0.05) is 24.3 Å². The largest absolute Gasteiger partial charge is 0.495 e. The number of nitrogens with zero attached hydrogens (tertiary/aromatic N) is 1. The normalized spacial score (nSPS) is 12.9. The van der Waals surface area contributed by atoms with Crippen LogP contribution in [0.5, 0.6) is 5.75 Å². The molecule has 0 aliphatic carbocycles. The number of hydrogen-bond acceptors (Lipinski definition) is 4. The summed E-state index contributed by atoms with van der Waals surface area (Å²) >= 11 is 0. The lowest BCUT2D eigenvalue weighted by molar-refractivity contribution is 0.299. The first-order valence-corrected chi connectivity index (χ1v) is 7.23. The van der Waals surface area contributed by atoms with E-state index in [4.69, 9.17) is 9.84 Å². The molecule has 1 aliphatic heterocycles. The van der Waals surface area contributed by atoms with Crippen molar-refractivity contribution < 1.29 is 9.84 Å². The average molecular weight is 286 g/mol. The number of ether oxygens (including phenoxy) is 1. The Labute approximate surface area is 125 Å². The average Bonchev–Trinajstić information content (AvgIpc) is 2.46. The highest BCUT2D eigenvalue weighted by Crippen LogP contribution is 2.23. The van der Waals surface area contributed by atoms with Gasteiger partial charge in [0.25, 0.3) is 0 Å². The molecule has 2 aromatic rings. The van der Waals surface area contributed by atoms with Gasteiger partial charge >= 0.3 is 0 Å². The molecule has 0 spiro atoms. The van der Waals surface area contributed by atoms with Crippen LogP contribution in [0.2, 0.25) is 0 Å². The third kappa shape index (κ3) is 4.85. The number of hydrogen-bond donors (Lipinski definition) is 2. The molecule has 0 amide bonds. The second kappa shape index (κ2) is 8.39. The Morgan fingerprint density at radius 1 is 1.19 bits per heavy atom. The molecule has 0 radical (unpaired) electrons. The number of methoxy groups -OCH3 is 1. The minimum absolute atomic E-state index is 0.166. The van der Waals surface area contributed by atoms with Gasteiger partial charge in [0, 0.05) is 18.4 Å². The van der Waals surface area contributed by atoms with E-state index in [1.807, 2.05) is 24.3 Å². The summed E-state index contributed by atoms with van der Waals surface area (Å²) in [6.45, 7) is 2.67. The lowest BCUT2D eigenvalue weighted by Gasteiger charge is -2.09. The van der Waals surface area contributed by atoms with Crippen molar-refractivity contribution in [3.63, 3.8) is 0 Å². The first-order chi connectivity index (χ1) is 10.3. The van der Waals surface area contributed by atoms with Crippen LogP contribution >= 0.6 is 0 Å². The van der Waals surface area contributed by atoms with Crippen LogP contribution < -0.4 is 10.1 Å². The minimum Gasteiger partial charge on any atom is -0.495 e. The molecular weight excluding hydrogens is 264 g/mol. The van der Waals surface area contributed by atoms with Gasteiger partial charge in [0.2, 0.25) is 0 Å². The maximum atomic E-state index is 8.93. The molecule has 1 saturated heterocycles. The van der Waals surface area contributed by atoms with Gasteiger partial charge in [-0.3, -0.25) is 4.98 Å². The molecule has 1 aliphatic rings. The van der Waals surface area contributed by atoms with Gasteiger partial charge in [0.05, 0.1) is 13.3 Å². The lowest BCUT2D eigenvalue weighted by Crippen LogP contribution is -2.29. The monoisotopic (exact) mass is 286 g/mol. The van der Waals surface area contributed by atoms with Crippen LogP contribution in [0.1, 0.15) is 12.0 Å². The van der Waals surface area contributed by atoms with E-state index in [0.717, 1.165) is 22.4 Å². The molecule has 0 unspecified atom stereocenters. The van der Waals surface area contributed by atoms with Gasteiger partial charge in [-0.05, 0) is 43.1 Å². The third-order valence-electron chi connectivity index (χ3n) is 3.32. The van der Waals surface area contributed by atoms with E-state index in [1.165, 1.54) is 19.5 Å². The van der Waals surface area contributed by atoms with Crippen LogP contribution in [0.25, 0.3) is 11.1 Å². The first kappa shape index (κ1) is 15.5. The number of benzene rings is 1. The summed E-state index contributed by atoms with van der Waals surface area (Å²) in [5.41, 5.74) is 3.22. The molecule has 0 bridgehead atoms. The van der Waals surface area contributed by atoms with Gasteiger partial charge in [-0.2, -0.15) is 0 Å². The number of aliphatic hydroxyl groups excluding tert-OH is 1. The number of rotatable bonds is 4. The van der Waals surface area contributed by atoms with Gasteiger partial charge in [-0.15, -0.1) is 0 Å². The van der Waals surface area contributed by atoms with Gasteiger partial charge in [0.1, 0.15) is 5.75 Å². The Morgan fingerprint density at radius 3 is 2.57 bits per heavy atom. The zero-order valence-electron chi connectivity index (χ0n) is 12.4. The molecule has 4 heteroatoms. The Kier molecular flexibility index (Phi) is 6.19. The molecule has 0 saturated carbocycles. The highest BCUT2D eigenvalue weighted by Gasteiger charge is 2.01. The molecule has 4 nitrogen and oxygen atoms in total. The molecular formula is C17H22N2O2. The van der Waals surface area contributed by atoms with Crippen LogP contribution in [-0.2, 0) is 6.42 Å². The van der Waals surface area contributed by atoms with Gasteiger partial charge in [-0.25, -0.2) is 0 Å². The highest BCUT2D eigenvalue weighted by atomic mass is 16.5. The van der Waals surface area contributed by atoms with Crippen molar-refractivity contribution in [3.8, 4) is 16.9 Å². The Morgan fingerprint density at radius 2 is 1.95 bits per heavy atom. The maximum Gasteiger partial charge on any atom is 0.137 e. The summed E-state index contributed by atoms with van der Waals surface area (Å²) in [4.78, 5) is 4.13. The summed E-state index contributed by atoms with van der Waals surface area (Å²) in [6.07, 6.45) is 5.55. The quantitative estimate of drug-likeness (QED) is 0.905. The Hall–Kier alpha value is -1.91. The molecule has 2 N–H and O–H groups in total. The molecule has 2 heterocycles. The molecule has 21 heavy (non-hydrogen) atoms. The van der Waals surface area contributed by atoms with Crippen molar-refractivity contribution in [1.29, 1.82) is 0 Å². The predicted molar refractivity (Wildman–Crippen MR) is 84.5 cm³/mol. The fraction of sp³-hybridized carbons (Fsp3) is 0.353. The van der Waals surface area contributed by atoms with E-state index >= 15 is 0 Å². The van der Waals surface area contributed by atoms with E-state index < -0.39 is 0 Å². The van der Waals surface area contributed by atoms with Crippen LogP contribution in [0.15, 0.2) is 42.7 Å². The molecule has 3 rings (SSSR count). The van der Waals surface area contributed by atoms with Crippen molar-refractivity contribution >= 4 is 0 Å². The number of pyridine rings is 1. The SMILES string of the molecule is C1CNC1.COc1cncc(-c2cccc(CCO)c2)c1. The van der Waals surface area contributed by atoms with Crippen LogP contribution in [0.4, 0.5) is 0 Å². The number of aromatic nitrogens is 1. The van der Waals surface area contributed by atoms with Crippen molar-refractivity contribution in [2.45, 2.75) is 12.8 Å². The lowest BCUT2D eigenvalue weighted by atomic mass is 10.0. The predicted octanol–water partition coefficient (Wildman–Crippen LogP) is 2.27. The van der Waals surface area contributed by atoms with Crippen LogP contribution in [0, 0.1) is 0 Å². The third-order valence-corrected chi connectivity index (χ3v) is 3.32. The zero-order valence-corrected chi connectivity index (χ0v) is 12.4. The maximum absolute atomic E-state index is 8.93.